The number of hydrogen-bond donors (Lipinski definition) is 1. The molecule has 0 saturated heterocycles. The topological polar surface area (TPSA) is 112 Å². The predicted molar refractivity (Wildman–Crippen MR) is 56.4 cm³/mol. The van der Waals surface area contributed by atoms with Crippen LogP contribution in [-0.2, 0) is 0 Å². The molecule has 1 aromatic rings. The van der Waals surface area contributed by atoms with E-state index in [2.05, 4.69) is 9.97 Å². The molecular weight excluding hydrogens is 208 g/mol. The molecule has 0 unspecified atom stereocenters. The smallest absolute Gasteiger partial charge is 0.204 e. The molecule has 1 rings (SSSR count). The highest BCUT2D eigenvalue weighted by Crippen LogP contribution is 2.29. The lowest BCUT2D eigenvalue weighted by molar-refractivity contribution is 0.413. The number of nitrogen functional groups attached to an aromatic ring is 1. The molecule has 0 fully saturated rings. The summed E-state index contributed by atoms with van der Waals surface area (Å²) in [6.45, 7) is 0.0563. The van der Waals surface area contributed by atoms with Gasteiger partial charge in [-0.1, -0.05) is 0 Å². The van der Waals surface area contributed by atoms with Crippen LogP contribution in [0.5, 0.6) is 5.75 Å². The molecule has 7 heteroatoms. The lowest BCUT2D eigenvalue weighted by Crippen LogP contribution is -2.25. The minimum absolute atomic E-state index is 0.0281. The molecule has 0 aliphatic carbocycles. The van der Waals surface area contributed by atoms with Crippen molar-refractivity contribution in [3.05, 3.63) is 6.33 Å². The van der Waals surface area contributed by atoms with Gasteiger partial charge in [-0.05, 0) is 0 Å². The Morgan fingerprint density at radius 3 is 2.50 bits per heavy atom. The molecule has 82 valence electrons. The summed E-state index contributed by atoms with van der Waals surface area (Å²) in [6.07, 6.45) is 1.26. The van der Waals surface area contributed by atoms with Crippen molar-refractivity contribution in [1.82, 2.24) is 9.97 Å². The molecule has 2 N–H and O–H groups in total. The minimum Gasteiger partial charge on any atom is -0.490 e. The Morgan fingerprint density at radius 2 is 2.00 bits per heavy atom. The molecule has 0 radical (unpaired) electrons. The summed E-state index contributed by atoms with van der Waals surface area (Å²) in [4.78, 5) is 9.17. The largest absolute Gasteiger partial charge is 0.490 e. The SMILES string of the molecule is COc1c(N)ncnc1N(CC#N)CC#N. The van der Waals surface area contributed by atoms with Crippen LogP contribution in [0, 0.1) is 22.7 Å². The van der Waals surface area contributed by atoms with Gasteiger partial charge in [-0.3, -0.25) is 0 Å². The molecule has 16 heavy (non-hydrogen) atoms. The summed E-state index contributed by atoms with van der Waals surface area (Å²) in [5.74, 6) is 0.791. The van der Waals surface area contributed by atoms with Crippen LogP contribution >= 0.6 is 0 Å². The highest BCUT2D eigenvalue weighted by molar-refractivity contribution is 5.63. The number of aromatic nitrogens is 2. The lowest BCUT2D eigenvalue weighted by Gasteiger charge is -2.19. The van der Waals surface area contributed by atoms with E-state index in [1.807, 2.05) is 12.1 Å². The third-order valence-corrected chi connectivity index (χ3v) is 1.84. The standard InChI is InChI=1S/C9H10N6O/c1-16-7-8(12)13-6-14-9(7)15(4-2-10)5-3-11/h6H,4-5H2,1H3,(H2,12,13,14). The second-order valence-electron chi connectivity index (χ2n) is 2.79. The van der Waals surface area contributed by atoms with Crippen molar-refractivity contribution in [3.63, 3.8) is 0 Å². The number of nitrogens with zero attached hydrogens (tertiary/aromatic N) is 5. The van der Waals surface area contributed by atoms with Gasteiger partial charge in [0, 0.05) is 0 Å². The van der Waals surface area contributed by atoms with Crippen LogP contribution in [0.3, 0.4) is 0 Å². The second-order valence-corrected chi connectivity index (χ2v) is 2.79. The summed E-state index contributed by atoms with van der Waals surface area (Å²) >= 11 is 0. The molecule has 0 spiro atoms. The Labute approximate surface area is 92.7 Å². The molecule has 0 aromatic carbocycles. The van der Waals surface area contributed by atoms with Crippen molar-refractivity contribution in [2.45, 2.75) is 0 Å². The van der Waals surface area contributed by atoms with Crippen LogP contribution in [0.15, 0.2) is 6.33 Å². The molecule has 0 amide bonds. The van der Waals surface area contributed by atoms with Crippen LogP contribution < -0.4 is 15.4 Å². The number of rotatable bonds is 4. The molecule has 7 nitrogen and oxygen atoms in total. The summed E-state index contributed by atoms with van der Waals surface area (Å²) in [6, 6.07) is 3.88. The van der Waals surface area contributed by atoms with Crippen molar-refractivity contribution in [2.24, 2.45) is 0 Å². The quantitative estimate of drug-likeness (QED) is 0.703. The van der Waals surface area contributed by atoms with Crippen molar-refractivity contribution < 1.29 is 4.74 Å². The average molecular weight is 218 g/mol. The number of anilines is 2. The highest BCUT2D eigenvalue weighted by atomic mass is 16.5. The number of nitriles is 2. The van der Waals surface area contributed by atoms with Crippen molar-refractivity contribution in [3.8, 4) is 17.9 Å². The Morgan fingerprint density at radius 1 is 1.38 bits per heavy atom. The molecule has 0 saturated carbocycles. The van der Waals surface area contributed by atoms with Crippen LogP contribution in [0.2, 0.25) is 0 Å². The van der Waals surface area contributed by atoms with Gasteiger partial charge in [0.25, 0.3) is 0 Å². The van der Waals surface area contributed by atoms with E-state index in [4.69, 9.17) is 21.0 Å². The first kappa shape index (κ1) is 11.5. The fourth-order valence-corrected chi connectivity index (χ4v) is 1.18. The first-order valence-electron chi connectivity index (χ1n) is 4.38. The molecule has 1 heterocycles. The molecule has 0 aliphatic heterocycles. The maximum atomic E-state index is 8.64. The normalized spacial score (nSPS) is 8.94. The van der Waals surface area contributed by atoms with Crippen molar-refractivity contribution in [1.29, 1.82) is 10.5 Å². The first-order valence-corrected chi connectivity index (χ1v) is 4.38. The van der Waals surface area contributed by atoms with Gasteiger partial charge < -0.3 is 15.4 Å². The minimum atomic E-state index is 0.0281. The molecular formula is C9H10N6O. The average Bonchev–Trinajstić information content (AvgIpc) is 2.28. The molecule has 0 atom stereocenters. The summed E-state index contributed by atoms with van der Waals surface area (Å²) in [5, 5.41) is 17.3. The second kappa shape index (κ2) is 5.37. The fourth-order valence-electron chi connectivity index (χ4n) is 1.18. The van der Waals surface area contributed by atoms with Crippen molar-refractivity contribution >= 4 is 11.6 Å². The molecule has 0 bridgehead atoms. The Kier molecular flexibility index (Phi) is 3.87. The van der Waals surface area contributed by atoms with Gasteiger partial charge in [0.1, 0.15) is 19.4 Å². The maximum Gasteiger partial charge on any atom is 0.204 e. The zero-order valence-corrected chi connectivity index (χ0v) is 8.71. The van der Waals surface area contributed by atoms with E-state index < -0.39 is 0 Å². The zero-order chi connectivity index (χ0) is 12.0. The van der Waals surface area contributed by atoms with Gasteiger partial charge in [0.2, 0.25) is 5.75 Å². The number of methoxy groups -OCH3 is 1. The Hall–Kier alpha value is -2.54. The van der Waals surface area contributed by atoms with E-state index >= 15 is 0 Å². The summed E-state index contributed by atoms with van der Waals surface area (Å²) in [5.41, 5.74) is 5.59. The lowest BCUT2D eigenvalue weighted by atomic mass is 10.4. The van der Waals surface area contributed by atoms with E-state index in [0.717, 1.165) is 0 Å². The van der Waals surface area contributed by atoms with E-state index in [0.29, 0.717) is 5.82 Å². The van der Waals surface area contributed by atoms with Gasteiger partial charge in [-0.2, -0.15) is 10.5 Å². The number of nitrogens with two attached hydrogens (primary N) is 1. The van der Waals surface area contributed by atoms with Gasteiger partial charge >= 0.3 is 0 Å². The van der Waals surface area contributed by atoms with Crippen molar-refractivity contribution in [2.75, 3.05) is 30.8 Å². The molecule has 0 aliphatic rings. The fraction of sp³-hybridized carbons (Fsp3) is 0.333. The Bertz CT molecular complexity index is 430. The van der Waals surface area contributed by atoms with Gasteiger partial charge in [-0.15, -0.1) is 0 Å². The third kappa shape index (κ3) is 2.28. The van der Waals surface area contributed by atoms with Gasteiger partial charge in [-0.25, -0.2) is 9.97 Å². The highest BCUT2D eigenvalue weighted by Gasteiger charge is 2.16. The maximum absolute atomic E-state index is 8.64. The number of hydrogen-bond acceptors (Lipinski definition) is 7. The number of ether oxygens (including phenoxy) is 1. The zero-order valence-electron chi connectivity index (χ0n) is 8.71. The third-order valence-electron chi connectivity index (χ3n) is 1.84. The van der Waals surface area contributed by atoms with Crippen LogP contribution in [0.4, 0.5) is 11.6 Å². The predicted octanol–water partition coefficient (Wildman–Crippen LogP) is -0.0790. The molecule has 1 aromatic heterocycles. The first-order chi connectivity index (χ1) is 7.74. The van der Waals surface area contributed by atoms with E-state index in [9.17, 15) is 0 Å². The van der Waals surface area contributed by atoms with E-state index in [1.165, 1.54) is 18.3 Å². The van der Waals surface area contributed by atoms with E-state index in [-0.39, 0.29) is 24.7 Å². The van der Waals surface area contributed by atoms with E-state index in [1.54, 1.807) is 0 Å². The van der Waals surface area contributed by atoms with Gasteiger partial charge in [0.05, 0.1) is 19.2 Å². The monoisotopic (exact) mass is 218 g/mol. The van der Waals surface area contributed by atoms with Crippen LogP contribution in [-0.4, -0.2) is 30.2 Å². The van der Waals surface area contributed by atoms with Gasteiger partial charge in [0.15, 0.2) is 11.6 Å². The summed E-state index contributed by atoms with van der Waals surface area (Å²) < 4.78 is 5.04. The summed E-state index contributed by atoms with van der Waals surface area (Å²) in [7, 11) is 1.43. The van der Waals surface area contributed by atoms with Crippen LogP contribution in [0.25, 0.3) is 0 Å². The van der Waals surface area contributed by atoms with Crippen LogP contribution in [0.1, 0.15) is 0 Å². The Balaban J connectivity index is 3.14.